The van der Waals surface area contributed by atoms with Crippen LogP contribution in [0.25, 0.3) is 11.8 Å². The molecule has 9 heteroatoms. The van der Waals surface area contributed by atoms with Crippen LogP contribution in [0.5, 0.6) is 5.75 Å². The van der Waals surface area contributed by atoms with Gasteiger partial charge in [-0.2, -0.15) is 0 Å². The van der Waals surface area contributed by atoms with Gasteiger partial charge in [0.1, 0.15) is 11.8 Å². The number of fused-ring (bicyclic) bond motifs is 1. The van der Waals surface area contributed by atoms with Crippen LogP contribution in [0.15, 0.2) is 75.7 Å². The Bertz CT molecular complexity index is 1790. The Morgan fingerprint density at radius 2 is 1.85 bits per heavy atom. The highest BCUT2D eigenvalue weighted by atomic mass is 35.5. The van der Waals surface area contributed by atoms with Crippen LogP contribution in [0, 0.1) is 13.8 Å². The third kappa shape index (κ3) is 4.75. The molecule has 1 aliphatic heterocycles. The number of thiazole rings is 1. The number of carbonyl (C=O) groups is 1. The fourth-order valence-corrected chi connectivity index (χ4v) is 6.20. The summed E-state index contributed by atoms with van der Waals surface area (Å²) >= 11 is 7.39. The summed E-state index contributed by atoms with van der Waals surface area (Å²) in [7, 11) is 1.57. The van der Waals surface area contributed by atoms with E-state index in [1.165, 1.54) is 11.3 Å². The number of para-hydroxylation sites is 1. The molecule has 1 aliphatic rings. The first-order chi connectivity index (χ1) is 18.7. The molecule has 1 atom stereocenters. The van der Waals surface area contributed by atoms with Crippen LogP contribution in [0.1, 0.15) is 42.4 Å². The van der Waals surface area contributed by atoms with Crippen LogP contribution in [0.4, 0.5) is 0 Å². The Hall–Kier alpha value is -3.88. The molecular formula is C30H28ClN3O4S. The van der Waals surface area contributed by atoms with Crippen molar-refractivity contribution in [3.05, 3.63) is 113 Å². The summed E-state index contributed by atoms with van der Waals surface area (Å²) in [5.74, 6) is 0.0653. The SMILES string of the molecule is CCOC(=O)C1=C(C)N=c2s/c(=C/c3cc(C)n(-c4ccc(Cl)cc4)c3C)c(=O)n2[C@@H]1c1ccccc1OC. The Balaban J connectivity index is 1.71. The molecule has 0 bridgehead atoms. The lowest BCUT2D eigenvalue weighted by Gasteiger charge is -2.25. The maximum absolute atomic E-state index is 14.0. The zero-order valence-electron chi connectivity index (χ0n) is 22.3. The average molecular weight is 562 g/mol. The van der Waals surface area contributed by atoms with Crippen molar-refractivity contribution in [3.8, 4) is 11.4 Å². The van der Waals surface area contributed by atoms with Crippen molar-refractivity contribution < 1.29 is 14.3 Å². The second-order valence-corrected chi connectivity index (χ2v) is 10.6. The Labute approximate surface area is 234 Å². The van der Waals surface area contributed by atoms with Gasteiger partial charge in [0.15, 0.2) is 4.80 Å². The van der Waals surface area contributed by atoms with E-state index in [0.29, 0.717) is 36.9 Å². The topological polar surface area (TPSA) is 74.8 Å². The number of ether oxygens (including phenoxy) is 2. The van der Waals surface area contributed by atoms with Gasteiger partial charge in [0, 0.05) is 27.7 Å². The number of hydrogen-bond donors (Lipinski definition) is 0. The molecule has 3 heterocycles. The van der Waals surface area contributed by atoms with Crippen molar-refractivity contribution in [2.75, 3.05) is 13.7 Å². The Morgan fingerprint density at radius 1 is 1.13 bits per heavy atom. The van der Waals surface area contributed by atoms with Crippen LogP contribution < -0.4 is 19.6 Å². The summed E-state index contributed by atoms with van der Waals surface area (Å²) in [6.45, 7) is 7.78. The summed E-state index contributed by atoms with van der Waals surface area (Å²) in [6.07, 6.45) is 1.89. The first-order valence-electron chi connectivity index (χ1n) is 12.5. The van der Waals surface area contributed by atoms with E-state index in [9.17, 15) is 9.59 Å². The van der Waals surface area contributed by atoms with Gasteiger partial charge < -0.3 is 14.0 Å². The molecule has 0 amide bonds. The number of esters is 1. The number of allylic oxidation sites excluding steroid dienone is 1. The minimum Gasteiger partial charge on any atom is -0.496 e. The van der Waals surface area contributed by atoms with Gasteiger partial charge in [0.2, 0.25) is 0 Å². The van der Waals surface area contributed by atoms with E-state index in [0.717, 1.165) is 22.6 Å². The van der Waals surface area contributed by atoms with Crippen molar-refractivity contribution in [2.45, 2.75) is 33.7 Å². The monoisotopic (exact) mass is 561 g/mol. The minimum absolute atomic E-state index is 0.210. The van der Waals surface area contributed by atoms with Crippen molar-refractivity contribution in [3.63, 3.8) is 0 Å². The fraction of sp³-hybridized carbons (Fsp3) is 0.233. The van der Waals surface area contributed by atoms with Gasteiger partial charge in [0.05, 0.1) is 29.5 Å². The lowest BCUT2D eigenvalue weighted by Crippen LogP contribution is -2.40. The highest BCUT2D eigenvalue weighted by Gasteiger charge is 2.35. The molecule has 2 aromatic carbocycles. The van der Waals surface area contributed by atoms with Crippen LogP contribution in [0.3, 0.4) is 0 Å². The fourth-order valence-electron chi connectivity index (χ4n) is 5.04. The van der Waals surface area contributed by atoms with Gasteiger partial charge in [-0.05, 0) is 75.7 Å². The second kappa shape index (κ2) is 10.7. The quantitative estimate of drug-likeness (QED) is 0.315. The van der Waals surface area contributed by atoms with E-state index in [2.05, 4.69) is 15.6 Å². The van der Waals surface area contributed by atoms with Crippen LogP contribution in [0.2, 0.25) is 5.02 Å². The first kappa shape index (κ1) is 26.7. The van der Waals surface area contributed by atoms with E-state index < -0.39 is 12.0 Å². The molecular weight excluding hydrogens is 534 g/mol. The number of carbonyl (C=O) groups excluding carboxylic acids is 1. The van der Waals surface area contributed by atoms with Crippen LogP contribution in [-0.2, 0) is 9.53 Å². The molecule has 7 nitrogen and oxygen atoms in total. The van der Waals surface area contributed by atoms with Gasteiger partial charge in [-0.3, -0.25) is 9.36 Å². The Morgan fingerprint density at radius 3 is 2.54 bits per heavy atom. The molecule has 5 rings (SSSR count). The number of rotatable bonds is 6. The molecule has 0 N–H and O–H groups in total. The highest BCUT2D eigenvalue weighted by molar-refractivity contribution is 7.07. The van der Waals surface area contributed by atoms with E-state index in [1.807, 2.05) is 68.5 Å². The molecule has 0 unspecified atom stereocenters. The highest BCUT2D eigenvalue weighted by Crippen LogP contribution is 2.35. The van der Waals surface area contributed by atoms with Crippen molar-refractivity contribution in [2.24, 2.45) is 4.99 Å². The normalized spacial score (nSPS) is 15.2. The van der Waals surface area contributed by atoms with Gasteiger partial charge >= 0.3 is 5.97 Å². The van der Waals surface area contributed by atoms with E-state index in [4.69, 9.17) is 21.1 Å². The van der Waals surface area contributed by atoms with E-state index >= 15 is 0 Å². The standard InChI is InChI=1S/C30H28ClN3O4S/c1-6-38-29(36)26-18(3)32-30-34(27(26)23-9-7-8-10-24(23)37-5)28(35)25(39-30)16-20-15-17(2)33(19(20)4)22-13-11-21(31)12-14-22/h7-16,27H,6H2,1-5H3/b25-16+/t27-/m1/s1. The molecule has 0 aliphatic carbocycles. The molecule has 0 spiro atoms. The summed E-state index contributed by atoms with van der Waals surface area (Å²) in [4.78, 5) is 32.3. The lowest BCUT2D eigenvalue weighted by atomic mass is 9.95. The van der Waals surface area contributed by atoms with E-state index in [-0.39, 0.29) is 12.2 Å². The van der Waals surface area contributed by atoms with Crippen molar-refractivity contribution in [1.82, 2.24) is 9.13 Å². The number of methoxy groups -OCH3 is 1. The van der Waals surface area contributed by atoms with E-state index in [1.54, 1.807) is 25.5 Å². The van der Waals surface area contributed by atoms with Gasteiger partial charge in [-0.1, -0.05) is 41.1 Å². The number of hydrogen-bond acceptors (Lipinski definition) is 6. The van der Waals surface area contributed by atoms with Gasteiger partial charge in [0.25, 0.3) is 5.56 Å². The predicted molar refractivity (Wildman–Crippen MR) is 154 cm³/mol. The smallest absolute Gasteiger partial charge is 0.338 e. The molecule has 0 fully saturated rings. The lowest BCUT2D eigenvalue weighted by molar-refractivity contribution is -0.139. The zero-order valence-corrected chi connectivity index (χ0v) is 23.9. The third-order valence-electron chi connectivity index (χ3n) is 6.79. The maximum atomic E-state index is 14.0. The molecule has 39 heavy (non-hydrogen) atoms. The van der Waals surface area contributed by atoms with Crippen LogP contribution >= 0.6 is 22.9 Å². The number of aromatic nitrogens is 2. The first-order valence-corrected chi connectivity index (χ1v) is 13.7. The summed E-state index contributed by atoms with van der Waals surface area (Å²) in [5, 5.41) is 0.671. The second-order valence-electron chi connectivity index (χ2n) is 9.18. The van der Waals surface area contributed by atoms with Gasteiger partial charge in [-0.15, -0.1) is 0 Å². The van der Waals surface area contributed by atoms with Gasteiger partial charge in [-0.25, -0.2) is 9.79 Å². The minimum atomic E-state index is -0.736. The van der Waals surface area contributed by atoms with Crippen molar-refractivity contribution in [1.29, 1.82) is 0 Å². The summed E-state index contributed by atoms with van der Waals surface area (Å²) in [5.41, 5.74) is 5.21. The van der Waals surface area contributed by atoms with Crippen LogP contribution in [-0.4, -0.2) is 28.8 Å². The molecule has 0 saturated heterocycles. The largest absolute Gasteiger partial charge is 0.496 e. The molecule has 2 aromatic heterocycles. The third-order valence-corrected chi connectivity index (χ3v) is 8.03. The number of nitrogens with zero attached hydrogens (tertiary/aromatic N) is 3. The zero-order chi connectivity index (χ0) is 27.8. The molecule has 4 aromatic rings. The molecule has 200 valence electrons. The Kier molecular flexibility index (Phi) is 7.34. The molecule has 0 saturated carbocycles. The summed E-state index contributed by atoms with van der Waals surface area (Å²) < 4.78 is 15.2. The number of aryl methyl sites for hydroxylation is 1. The predicted octanol–water partition coefficient (Wildman–Crippen LogP) is 4.87. The summed E-state index contributed by atoms with van der Waals surface area (Å²) in [6, 6.07) is 16.3. The number of benzene rings is 2. The maximum Gasteiger partial charge on any atom is 0.338 e. The average Bonchev–Trinajstić information content (AvgIpc) is 3.37. The molecule has 0 radical (unpaired) electrons. The number of halogens is 1. The van der Waals surface area contributed by atoms with Crippen molar-refractivity contribution >= 4 is 35.0 Å².